The van der Waals surface area contributed by atoms with Gasteiger partial charge in [-0.15, -0.1) is 0 Å². The third-order valence-electron chi connectivity index (χ3n) is 5.17. The van der Waals surface area contributed by atoms with Crippen LogP contribution in [0.25, 0.3) is 5.52 Å². The molecule has 0 unspecified atom stereocenters. The minimum atomic E-state index is -0.0372. The van der Waals surface area contributed by atoms with Gasteiger partial charge in [0.15, 0.2) is 0 Å². The highest BCUT2D eigenvalue weighted by Gasteiger charge is 2.26. The second-order valence-corrected chi connectivity index (χ2v) is 7.02. The number of ether oxygens (including phenoxy) is 1. The number of carbonyl (C=O) groups is 2. The largest absolute Gasteiger partial charge is 0.494 e. The van der Waals surface area contributed by atoms with E-state index in [1.165, 1.54) is 0 Å². The highest BCUT2D eigenvalue weighted by atomic mass is 16.5. The summed E-state index contributed by atoms with van der Waals surface area (Å²) in [6.07, 6.45) is 3.79. The molecule has 29 heavy (non-hydrogen) atoms. The number of hydrogen-bond donors (Lipinski definition) is 0. The van der Waals surface area contributed by atoms with Crippen molar-refractivity contribution in [1.29, 1.82) is 0 Å². The Balaban J connectivity index is 1.34. The quantitative estimate of drug-likeness (QED) is 0.668. The van der Waals surface area contributed by atoms with Crippen LogP contribution in [0.1, 0.15) is 22.8 Å². The molecule has 0 bridgehead atoms. The maximum atomic E-state index is 12.9. The number of piperazine rings is 1. The van der Waals surface area contributed by atoms with Gasteiger partial charge in [-0.05, 0) is 36.8 Å². The molecule has 7 heteroatoms. The summed E-state index contributed by atoms with van der Waals surface area (Å²) in [5.41, 5.74) is 2.36. The van der Waals surface area contributed by atoms with Gasteiger partial charge in [0.25, 0.3) is 5.91 Å². The van der Waals surface area contributed by atoms with Crippen LogP contribution < -0.4 is 4.74 Å². The monoisotopic (exact) mass is 392 g/mol. The summed E-state index contributed by atoms with van der Waals surface area (Å²) >= 11 is 0. The van der Waals surface area contributed by atoms with Crippen molar-refractivity contribution in [1.82, 2.24) is 19.4 Å². The molecule has 4 rings (SSSR count). The van der Waals surface area contributed by atoms with Gasteiger partial charge in [0.1, 0.15) is 5.75 Å². The van der Waals surface area contributed by atoms with Gasteiger partial charge >= 0.3 is 0 Å². The van der Waals surface area contributed by atoms with Crippen molar-refractivity contribution < 1.29 is 14.3 Å². The highest BCUT2D eigenvalue weighted by molar-refractivity contribution is 6.00. The van der Waals surface area contributed by atoms with Crippen LogP contribution in [-0.4, -0.2) is 64.0 Å². The van der Waals surface area contributed by atoms with E-state index in [2.05, 4.69) is 5.10 Å². The van der Waals surface area contributed by atoms with Gasteiger partial charge in [-0.1, -0.05) is 18.2 Å². The van der Waals surface area contributed by atoms with Crippen molar-refractivity contribution in [2.45, 2.75) is 13.3 Å². The molecule has 2 amide bonds. The van der Waals surface area contributed by atoms with Gasteiger partial charge in [0.05, 0.1) is 30.3 Å². The van der Waals surface area contributed by atoms with E-state index < -0.39 is 0 Å². The van der Waals surface area contributed by atoms with E-state index in [0.29, 0.717) is 44.8 Å². The highest BCUT2D eigenvalue weighted by Crippen LogP contribution is 2.16. The third-order valence-corrected chi connectivity index (χ3v) is 5.17. The normalized spacial score (nSPS) is 14.2. The van der Waals surface area contributed by atoms with Gasteiger partial charge < -0.3 is 14.5 Å². The minimum Gasteiger partial charge on any atom is -0.494 e. The fourth-order valence-electron chi connectivity index (χ4n) is 3.59. The Labute approximate surface area is 169 Å². The molecule has 150 valence electrons. The maximum absolute atomic E-state index is 12.9. The number of pyridine rings is 1. The predicted octanol–water partition coefficient (Wildman–Crippen LogP) is 2.26. The van der Waals surface area contributed by atoms with E-state index in [1.54, 1.807) is 15.6 Å². The molecule has 0 radical (unpaired) electrons. The number of fused-ring (bicyclic) bond motifs is 1. The number of amides is 2. The van der Waals surface area contributed by atoms with Crippen molar-refractivity contribution >= 4 is 17.3 Å². The Hall–Kier alpha value is -3.35. The molecule has 0 aliphatic carbocycles. The molecule has 2 aromatic heterocycles. The first-order chi connectivity index (χ1) is 14.2. The molecule has 7 nitrogen and oxygen atoms in total. The third kappa shape index (κ3) is 4.08. The van der Waals surface area contributed by atoms with E-state index in [0.717, 1.165) is 16.8 Å². The SMILES string of the molecule is CCOc1ccc(CC(=O)N2CCN(C(=O)c3cnn4ccccc34)CC2)cc1. The van der Waals surface area contributed by atoms with Crippen molar-refractivity contribution in [3.05, 3.63) is 66.0 Å². The van der Waals surface area contributed by atoms with Crippen LogP contribution in [-0.2, 0) is 11.2 Å². The molecular weight excluding hydrogens is 368 g/mol. The van der Waals surface area contributed by atoms with Crippen LogP contribution in [0.2, 0.25) is 0 Å². The minimum absolute atomic E-state index is 0.0372. The van der Waals surface area contributed by atoms with E-state index in [4.69, 9.17) is 4.74 Å². The number of benzene rings is 1. The Morgan fingerprint density at radius 2 is 1.72 bits per heavy atom. The van der Waals surface area contributed by atoms with Crippen LogP contribution in [0.5, 0.6) is 5.75 Å². The number of nitrogens with zero attached hydrogens (tertiary/aromatic N) is 4. The first-order valence-corrected chi connectivity index (χ1v) is 9.87. The maximum Gasteiger partial charge on any atom is 0.257 e. The molecule has 1 saturated heterocycles. The summed E-state index contributed by atoms with van der Waals surface area (Å²) in [7, 11) is 0. The topological polar surface area (TPSA) is 67.2 Å². The summed E-state index contributed by atoms with van der Waals surface area (Å²) in [4.78, 5) is 29.1. The number of carbonyl (C=O) groups excluding carboxylic acids is 2. The van der Waals surface area contributed by atoms with Gasteiger partial charge in [0, 0.05) is 32.4 Å². The van der Waals surface area contributed by atoms with Gasteiger partial charge in [0.2, 0.25) is 5.91 Å². The summed E-state index contributed by atoms with van der Waals surface area (Å²) in [6.45, 7) is 4.70. The van der Waals surface area contributed by atoms with Crippen LogP contribution in [0.3, 0.4) is 0 Å². The van der Waals surface area contributed by atoms with Crippen molar-refractivity contribution in [3.63, 3.8) is 0 Å². The van der Waals surface area contributed by atoms with E-state index in [-0.39, 0.29) is 11.8 Å². The molecule has 0 atom stereocenters. The fourth-order valence-corrected chi connectivity index (χ4v) is 3.59. The molecule has 0 spiro atoms. The Morgan fingerprint density at radius 3 is 2.45 bits per heavy atom. The molecule has 1 aliphatic heterocycles. The molecule has 1 aliphatic rings. The van der Waals surface area contributed by atoms with Gasteiger partial charge in [-0.2, -0.15) is 5.10 Å². The second-order valence-electron chi connectivity index (χ2n) is 7.02. The smallest absolute Gasteiger partial charge is 0.257 e. The fraction of sp³-hybridized carbons (Fsp3) is 0.318. The second kappa shape index (κ2) is 8.34. The van der Waals surface area contributed by atoms with Crippen molar-refractivity contribution in [3.8, 4) is 5.75 Å². The molecule has 0 saturated carbocycles. The standard InChI is InChI=1S/C22H24N4O3/c1-2-29-18-8-6-17(7-9-18)15-21(27)24-11-13-25(14-12-24)22(28)19-16-23-26-10-4-3-5-20(19)26/h3-10,16H,2,11-15H2,1H3. The predicted molar refractivity (Wildman–Crippen MR) is 109 cm³/mol. The Morgan fingerprint density at radius 1 is 1.00 bits per heavy atom. The molecular formula is C22H24N4O3. The van der Waals surface area contributed by atoms with E-state index in [1.807, 2.05) is 60.5 Å². The van der Waals surface area contributed by atoms with Crippen molar-refractivity contribution in [2.75, 3.05) is 32.8 Å². The molecule has 1 aromatic carbocycles. The first kappa shape index (κ1) is 19.0. The number of rotatable bonds is 5. The zero-order valence-electron chi connectivity index (χ0n) is 16.5. The molecule has 3 heterocycles. The molecule has 3 aromatic rings. The summed E-state index contributed by atoms with van der Waals surface area (Å²) in [6, 6.07) is 13.3. The lowest BCUT2D eigenvalue weighted by atomic mass is 10.1. The Bertz CT molecular complexity index is 1000. The van der Waals surface area contributed by atoms with Gasteiger partial charge in [-0.25, -0.2) is 4.52 Å². The van der Waals surface area contributed by atoms with E-state index >= 15 is 0 Å². The zero-order valence-corrected chi connectivity index (χ0v) is 16.5. The average Bonchev–Trinajstić information content (AvgIpc) is 3.19. The lowest BCUT2D eigenvalue weighted by Gasteiger charge is -2.34. The summed E-state index contributed by atoms with van der Waals surface area (Å²) < 4.78 is 7.13. The van der Waals surface area contributed by atoms with Crippen molar-refractivity contribution in [2.24, 2.45) is 0 Å². The first-order valence-electron chi connectivity index (χ1n) is 9.87. The van der Waals surface area contributed by atoms with Crippen LogP contribution in [0, 0.1) is 0 Å². The van der Waals surface area contributed by atoms with Crippen LogP contribution in [0.4, 0.5) is 0 Å². The summed E-state index contributed by atoms with van der Waals surface area (Å²) in [5.74, 6) is 0.852. The Kier molecular flexibility index (Phi) is 5.46. The molecule has 1 fully saturated rings. The number of aromatic nitrogens is 2. The average molecular weight is 392 g/mol. The number of hydrogen-bond acceptors (Lipinski definition) is 4. The zero-order chi connectivity index (χ0) is 20.2. The lowest BCUT2D eigenvalue weighted by molar-refractivity contribution is -0.131. The van der Waals surface area contributed by atoms with Gasteiger partial charge in [-0.3, -0.25) is 9.59 Å². The lowest BCUT2D eigenvalue weighted by Crippen LogP contribution is -2.51. The van der Waals surface area contributed by atoms with Crippen LogP contribution >= 0.6 is 0 Å². The summed E-state index contributed by atoms with van der Waals surface area (Å²) in [5, 5.41) is 4.24. The van der Waals surface area contributed by atoms with E-state index in [9.17, 15) is 9.59 Å². The van der Waals surface area contributed by atoms with Crippen LogP contribution in [0.15, 0.2) is 54.9 Å². The molecule has 0 N–H and O–H groups in total.